The van der Waals surface area contributed by atoms with Crippen LogP contribution in [0.15, 0.2) is 24.5 Å². The maximum atomic E-state index is 14.5. The number of hydrogen-bond donors (Lipinski definition) is 2. The van der Waals surface area contributed by atoms with Gasteiger partial charge in [0.2, 0.25) is 11.8 Å². The highest BCUT2D eigenvalue weighted by Gasteiger charge is 2.64. The summed E-state index contributed by atoms with van der Waals surface area (Å²) in [5, 5.41) is 7.00. The van der Waals surface area contributed by atoms with Crippen molar-refractivity contribution < 1.29 is 23.5 Å². The number of nitrogens with two attached hydrogens (primary N) is 1. The van der Waals surface area contributed by atoms with E-state index >= 15 is 0 Å². The first-order valence-electron chi connectivity index (χ1n) is 12.8. The molecule has 3 aromatic rings. The van der Waals surface area contributed by atoms with Crippen LogP contribution in [-0.4, -0.2) is 67.2 Å². The number of aromatic nitrogens is 5. The van der Waals surface area contributed by atoms with Gasteiger partial charge in [0.25, 0.3) is 5.91 Å². The molecule has 1 aliphatic carbocycles. The quantitative estimate of drug-likeness (QED) is 0.505. The minimum Gasteiger partial charge on any atom is -0.481 e. The van der Waals surface area contributed by atoms with Gasteiger partial charge in [0, 0.05) is 48.3 Å². The molecule has 1 saturated heterocycles. The number of fused-ring (bicyclic) bond motifs is 1. The summed E-state index contributed by atoms with van der Waals surface area (Å²) in [6.07, 6.45) is 4.89. The highest BCUT2D eigenvalue weighted by atomic mass is 19.1. The maximum absolute atomic E-state index is 14.5. The number of pyridine rings is 1. The number of ether oxygens (including phenoxy) is 2. The van der Waals surface area contributed by atoms with E-state index in [1.165, 1.54) is 19.2 Å². The van der Waals surface area contributed by atoms with E-state index in [-0.39, 0.29) is 46.7 Å². The average Bonchev–Trinajstić information content (AvgIpc) is 3.25. The summed E-state index contributed by atoms with van der Waals surface area (Å²) in [7, 11) is 1.45. The molecule has 3 aliphatic rings. The number of nitrogens with one attached hydrogen (secondary N) is 1. The van der Waals surface area contributed by atoms with Gasteiger partial charge in [-0.2, -0.15) is 5.10 Å². The Hall–Kier alpha value is -3.80. The topological polar surface area (TPSA) is 141 Å². The highest BCUT2D eigenvalue weighted by molar-refractivity contribution is 5.94. The van der Waals surface area contributed by atoms with Gasteiger partial charge >= 0.3 is 0 Å². The van der Waals surface area contributed by atoms with Crippen molar-refractivity contribution in [2.24, 2.45) is 17.6 Å². The Morgan fingerprint density at radius 2 is 2.16 bits per heavy atom. The number of piperidine rings is 1. The first-order valence-corrected chi connectivity index (χ1v) is 12.8. The molecule has 4 atom stereocenters. The van der Waals surface area contributed by atoms with Crippen LogP contribution in [0.25, 0.3) is 11.3 Å². The molecule has 3 N–H and O–H groups in total. The minimum atomic E-state index is -0.559. The third-order valence-electron chi connectivity index (χ3n) is 8.37. The number of carbonyl (C=O) groups excluding carboxylic acids is 2. The predicted octanol–water partition coefficient (Wildman–Crippen LogP) is 2.25. The molecule has 3 unspecified atom stereocenters. The summed E-state index contributed by atoms with van der Waals surface area (Å²) >= 11 is 0. The van der Waals surface area contributed by atoms with Crippen molar-refractivity contribution in [1.29, 1.82) is 0 Å². The van der Waals surface area contributed by atoms with Crippen molar-refractivity contribution in [1.82, 2.24) is 29.6 Å². The van der Waals surface area contributed by atoms with E-state index in [1.807, 2.05) is 4.90 Å². The lowest BCUT2D eigenvalue weighted by atomic mass is 9.84. The van der Waals surface area contributed by atoms with Gasteiger partial charge in [-0.3, -0.25) is 14.7 Å². The second-order valence-corrected chi connectivity index (χ2v) is 10.5. The largest absolute Gasteiger partial charge is 0.481 e. The number of carbonyl (C=O) groups is 2. The smallest absolute Gasteiger partial charge is 0.274 e. The van der Waals surface area contributed by atoms with E-state index in [9.17, 15) is 14.0 Å². The van der Waals surface area contributed by atoms with Gasteiger partial charge in [-0.15, -0.1) is 0 Å². The second-order valence-electron chi connectivity index (χ2n) is 10.5. The molecule has 0 radical (unpaired) electrons. The predicted molar refractivity (Wildman–Crippen MR) is 132 cm³/mol. The molecule has 5 heterocycles. The Kier molecular flexibility index (Phi) is 5.93. The summed E-state index contributed by atoms with van der Waals surface area (Å²) in [4.78, 5) is 36.5. The first kappa shape index (κ1) is 24.5. The maximum Gasteiger partial charge on any atom is 0.274 e. The highest BCUT2D eigenvalue weighted by Crippen LogP contribution is 2.60. The van der Waals surface area contributed by atoms with Crippen molar-refractivity contribution in [3.63, 3.8) is 0 Å². The molecule has 12 heteroatoms. The summed E-state index contributed by atoms with van der Waals surface area (Å²) < 4.78 is 27.2. The van der Waals surface area contributed by atoms with Crippen LogP contribution in [0, 0.1) is 17.7 Å². The van der Waals surface area contributed by atoms with Crippen LogP contribution in [0.4, 0.5) is 4.39 Å². The summed E-state index contributed by atoms with van der Waals surface area (Å²) in [6, 6.07) is 2.99. The third kappa shape index (κ3) is 4.03. The van der Waals surface area contributed by atoms with Crippen LogP contribution in [0.2, 0.25) is 0 Å². The van der Waals surface area contributed by atoms with Gasteiger partial charge in [-0.25, -0.2) is 14.4 Å². The molecule has 0 bridgehead atoms. The lowest BCUT2D eigenvalue weighted by molar-refractivity contribution is -0.124. The van der Waals surface area contributed by atoms with Crippen LogP contribution in [0.3, 0.4) is 0 Å². The number of methoxy groups -OCH3 is 1. The normalized spacial score (nSPS) is 25.2. The second kappa shape index (κ2) is 9.19. The number of hydrogen-bond acceptors (Lipinski definition) is 7. The number of primary amides is 1. The van der Waals surface area contributed by atoms with Gasteiger partial charge in [-0.05, 0) is 31.2 Å². The molecule has 2 amide bonds. The Morgan fingerprint density at radius 1 is 1.32 bits per heavy atom. The Bertz CT molecular complexity index is 1380. The molecule has 0 aromatic carbocycles. The number of halogens is 1. The fourth-order valence-electron chi connectivity index (χ4n) is 6.18. The molecule has 1 spiro atoms. The van der Waals surface area contributed by atoms with E-state index in [1.54, 1.807) is 0 Å². The molecule has 11 nitrogen and oxygen atoms in total. The lowest BCUT2D eigenvalue weighted by Crippen LogP contribution is -2.51. The first-order chi connectivity index (χ1) is 18.3. The summed E-state index contributed by atoms with van der Waals surface area (Å²) in [5.74, 6) is -0.112. The molecular weight excluding hydrogens is 493 g/mol. The lowest BCUT2D eigenvalue weighted by Gasteiger charge is -2.40. The van der Waals surface area contributed by atoms with E-state index in [0.29, 0.717) is 38.3 Å². The standard InChI is InChI=1S/C26H30FN7O4/c1-14(21-12-33-5-6-38-13-22(33)30-21)17-10-26(17)9-15(24(28)35)3-4-34(26)25(36)20-8-19(31-32-20)16-7-23(37-2)29-11-18(16)27/h7-8,11-12,14-15,17H,3-6,9-10,13H2,1-2H3,(H2,28,35)(H,31,32)/t14-,15?,17?,26?/m1/s1. The number of likely N-dealkylation sites (tertiary alicyclic amines) is 1. The zero-order valence-electron chi connectivity index (χ0n) is 21.3. The van der Waals surface area contributed by atoms with Crippen molar-refractivity contribution in [2.45, 2.75) is 50.8 Å². The summed E-state index contributed by atoms with van der Waals surface area (Å²) in [5.41, 5.74) is 6.89. The van der Waals surface area contributed by atoms with Crippen molar-refractivity contribution in [2.75, 3.05) is 20.3 Å². The van der Waals surface area contributed by atoms with Gasteiger partial charge in [-0.1, -0.05) is 6.92 Å². The third-order valence-corrected chi connectivity index (χ3v) is 8.37. The number of amides is 2. The van der Waals surface area contributed by atoms with Crippen LogP contribution in [0.5, 0.6) is 5.88 Å². The molecular formula is C26H30FN7O4. The molecule has 2 aliphatic heterocycles. The number of rotatable bonds is 6. The number of H-pyrrole nitrogens is 1. The minimum absolute atomic E-state index is 0.0724. The van der Waals surface area contributed by atoms with Gasteiger partial charge < -0.3 is 24.7 Å². The van der Waals surface area contributed by atoms with Crippen molar-refractivity contribution >= 4 is 11.8 Å². The van der Waals surface area contributed by atoms with Crippen molar-refractivity contribution in [3.05, 3.63) is 47.6 Å². The van der Waals surface area contributed by atoms with Crippen LogP contribution >= 0.6 is 0 Å². The number of imidazole rings is 1. The fraction of sp³-hybridized carbons (Fsp3) is 0.500. The average molecular weight is 524 g/mol. The zero-order valence-corrected chi connectivity index (χ0v) is 21.3. The van der Waals surface area contributed by atoms with Crippen molar-refractivity contribution in [3.8, 4) is 17.1 Å². The van der Waals surface area contributed by atoms with Crippen LogP contribution in [0.1, 0.15) is 54.1 Å². The molecule has 3 aromatic heterocycles. The Balaban J connectivity index is 1.28. The summed E-state index contributed by atoms with van der Waals surface area (Å²) in [6.45, 7) is 4.43. The SMILES string of the molecule is COc1cc(-c2cc(C(=O)N3CCC(C(N)=O)CC34CC4[C@@H](C)c3cn4c(n3)COCC4)n[nH]2)c(F)cn1. The fourth-order valence-corrected chi connectivity index (χ4v) is 6.18. The van der Waals surface area contributed by atoms with Crippen LogP contribution < -0.4 is 10.5 Å². The molecule has 200 valence electrons. The Morgan fingerprint density at radius 3 is 2.92 bits per heavy atom. The van der Waals surface area contributed by atoms with E-state index < -0.39 is 11.4 Å². The van der Waals surface area contributed by atoms with E-state index in [0.717, 1.165) is 30.7 Å². The molecule has 1 saturated carbocycles. The number of nitrogens with zero attached hydrogens (tertiary/aromatic N) is 5. The molecule has 2 fully saturated rings. The van der Waals surface area contributed by atoms with E-state index in [2.05, 4.69) is 32.9 Å². The number of aromatic amines is 1. The van der Waals surface area contributed by atoms with E-state index in [4.69, 9.17) is 20.2 Å². The Labute approximate surface area is 218 Å². The zero-order chi connectivity index (χ0) is 26.6. The molecule has 38 heavy (non-hydrogen) atoms. The molecule has 6 rings (SSSR count). The van der Waals surface area contributed by atoms with Gasteiger partial charge in [0.15, 0.2) is 11.5 Å². The van der Waals surface area contributed by atoms with Gasteiger partial charge in [0.1, 0.15) is 12.4 Å². The van der Waals surface area contributed by atoms with Gasteiger partial charge in [0.05, 0.1) is 31.3 Å². The monoisotopic (exact) mass is 523 g/mol. The van der Waals surface area contributed by atoms with Crippen LogP contribution in [-0.2, 0) is 22.7 Å².